The van der Waals surface area contributed by atoms with Gasteiger partial charge in [-0.15, -0.1) is 0 Å². The third-order valence-electron chi connectivity index (χ3n) is 3.29. The fourth-order valence-corrected chi connectivity index (χ4v) is 2.67. The van der Waals surface area contributed by atoms with Crippen LogP contribution in [0.4, 0.5) is 0 Å². The Morgan fingerprint density at radius 1 is 1.25 bits per heavy atom. The van der Waals surface area contributed by atoms with Crippen molar-refractivity contribution in [3.05, 3.63) is 24.3 Å². The molecule has 0 aromatic heterocycles. The van der Waals surface area contributed by atoms with Crippen LogP contribution in [0.2, 0.25) is 0 Å². The predicted octanol–water partition coefficient (Wildman–Crippen LogP) is 0.863. The van der Waals surface area contributed by atoms with Gasteiger partial charge in [-0.3, -0.25) is 4.79 Å². The van der Waals surface area contributed by atoms with Crippen molar-refractivity contribution < 1.29 is 4.79 Å². The summed E-state index contributed by atoms with van der Waals surface area (Å²) in [6.45, 7) is 0. The van der Waals surface area contributed by atoms with Gasteiger partial charge in [0, 0.05) is 6.04 Å². The number of carbonyl (C=O) groups excluding carboxylic acids is 1. The van der Waals surface area contributed by atoms with Crippen LogP contribution in [0.5, 0.6) is 0 Å². The molecule has 1 saturated carbocycles. The lowest BCUT2D eigenvalue weighted by molar-refractivity contribution is -0.135. The van der Waals surface area contributed by atoms with E-state index in [1.165, 1.54) is 0 Å². The van der Waals surface area contributed by atoms with E-state index in [0.717, 1.165) is 6.42 Å². The van der Waals surface area contributed by atoms with Crippen LogP contribution in [-0.2, 0) is 4.79 Å². The number of carbonyl (C=O) groups is 1. The molecule has 3 aliphatic rings. The molecule has 0 spiro atoms. The number of nitrogens with one attached hydrogen (secondary N) is 1. The Bertz CT molecular complexity index is 292. The maximum atomic E-state index is 11.2. The van der Waals surface area contributed by atoms with E-state index < -0.39 is 0 Å². The first-order chi connectivity index (χ1) is 5.86. The van der Waals surface area contributed by atoms with Gasteiger partial charge in [0.15, 0.2) is 0 Å². The lowest BCUT2D eigenvalue weighted by Gasteiger charge is -2.35. The largest absolute Gasteiger partial charge is 0.352 e. The van der Waals surface area contributed by atoms with E-state index >= 15 is 0 Å². The van der Waals surface area contributed by atoms with Gasteiger partial charge in [-0.05, 0) is 18.3 Å². The minimum atomic E-state index is 0.257. The maximum absolute atomic E-state index is 11.2. The molecule has 3 rings (SSSR count). The predicted molar refractivity (Wildman–Crippen MR) is 45.3 cm³/mol. The van der Waals surface area contributed by atoms with Gasteiger partial charge >= 0.3 is 0 Å². The van der Waals surface area contributed by atoms with Crippen molar-refractivity contribution in [2.45, 2.75) is 12.5 Å². The topological polar surface area (TPSA) is 29.1 Å². The van der Waals surface area contributed by atoms with Crippen LogP contribution in [0.1, 0.15) is 6.42 Å². The van der Waals surface area contributed by atoms with E-state index in [0.29, 0.717) is 17.9 Å². The fraction of sp³-hybridized carbons (Fsp3) is 0.500. The van der Waals surface area contributed by atoms with E-state index in [4.69, 9.17) is 0 Å². The SMILES string of the molecule is O=C1N[C@@H]2[C@@H]1[C@H]1C=CC=C[C@H]2C1. The molecule has 0 aromatic carbocycles. The van der Waals surface area contributed by atoms with Gasteiger partial charge in [-0.25, -0.2) is 0 Å². The number of rotatable bonds is 0. The highest BCUT2D eigenvalue weighted by Gasteiger charge is 2.52. The summed E-state index contributed by atoms with van der Waals surface area (Å²) in [6.07, 6.45) is 9.74. The first-order valence-electron chi connectivity index (χ1n) is 4.51. The second kappa shape index (κ2) is 2.00. The third kappa shape index (κ3) is 0.631. The van der Waals surface area contributed by atoms with Gasteiger partial charge in [0.25, 0.3) is 0 Å². The standard InChI is InChI=1S/C10H11NO/c12-10-8-6-3-1-2-4-7(5-6)9(8)11-10/h1-4,6-9H,5H2,(H,11,12)/t6-,7-,8-,9-/m0/s1. The normalized spacial score (nSPS) is 47.8. The van der Waals surface area contributed by atoms with E-state index in [-0.39, 0.29) is 11.8 Å². The van der Waals surface area contributed by atoms with Gasteiger partial charge in [-0.2, -0.15) is 0 Å². The smallest absolute Gasteiger partial charge is 0.226 e. The summed E-state index contributed by atoms with van der Waals surface area (Å²) in [6, 6.07) is 0.448. The molecule has 62 valence electrons. The molecule has 1 saturated heterocycles. The number of β-lactam (4-membered cyclic amide) rings is 1. The molecule has 0 radical (unpaired) electrons. The van der Waals surface area contributed by atoms with Crippen molar-refractivity contribution in [3.8, 4) is 0 Å². The van der Waals surface area contributed by atoms with Gasteiger partial charge in [0.2, 0.25) is 5.91 Å². The first kappa shape index (κ1) is 6.46. The third-order valence-corrected chi connectivity index (χ3v) is 3.29. The molecular weight excluding hydrogens is 150 g/mol. The molecule has 1 aliphatic heterocycles. The second-order valence-corrected chi connectivity index (χ2v) is 3.89. The summed E-state index contributed by atoms with van der Waals surface area (Å²) in [4.78, 5) is 11.2. The average molecular weight is 161 g/mol. The summed E-state index contributed by atoms with van der Waals surface area (Å²) in [7, 11) is 0. The minimum Gasteiger partial charge on any atom is -0.352 e. The lowest BCUT2D eigenvalue weighted by Crippen LogP contribution is -2.58. The average Bonchev–Trinajstić information content (AvgIpc) is 2.21. The molecule has 0 aromatic rings. The minimum absolute atomic E-state index is 0.257. The molecule has 1 N–H and O–H groups in total. The van der Waals surface area contributed by atoms with E-state index in [9.17, 15) is 4.79 Å². The highest BCUT2D eigenvalue weighted by molar-refractivity contribution is 5.87. The van der Waals surface area contributed by atoms with Crippen molar-refractivity contribution in [2.75, 3.05) is 0 Å². The van der Waals surface area contributed by atoms with Crippen molar-refractivity contribution in [1.82, 2.24) is 5.32 Å². The van der Waals surface area contributed by atoms with Crippen LogP contribution in [0, 0.1) is 17.8 Å². The zero-order valence-electron chi connectivity index (χ0n) is 6.73. The molecular formula is C10H11NO. The Morgan fingerprint density at radius 3 is 2.75 bits per heavy atom. The Hall–Kier alpha value is -1.05. The molecule has 4 atom stereocenters. The molecule has 12 heavy (non-hydrogen) atoms. The van der Waals surface area contributed by atoms with Crippen LogP contribution >= 0.6 is 0 Å². The number of fused-ring (bicyclic) bond motifs is 5. The second-order valence-electron chi connectivity index (χ2n) is 3.89. The number of amides is 1. The van der Waals surface area contributed by atoms with Crippen molar-refractivity contribution in [3.63, 3.8) is 0 Å². The summed E-state index contributed by atoms with van der Waals surface area (Å²) in [5.74, 6) is 1.64. The monoisotopic (exact) mass is 161 g/mol. The van der Waals surface area contributed by atoms with Gasteiger partial charge in [0.05, 0.1) is 5.92 Å². The Labute approximate surface area is 71.3 Å². The zero-order valence-corrected chi connectivity index (χ0v) is 6.73. The fourth-order valence-electron chi connectivity index (χ4n) is 2.67. The summed E-state index contributed by atoms with van der Waals surface area (Å²) in [5, 5.41) is 2.98. The van der Waals surface area contributed by atoms with Crippen LogP contribution in [-0.4, -0.2) is 11.9 Å². The van der Waals surface area contributed by atoms with Crippen molar-refractivity contribution in [2.24, 2.45) is 17.8 Å². The van der Waals surface area contributed by atoms with Crippen LogP contribution in [0.15, 0.2) is 24.3 Å². The lowest BCUT2D eigenvalue weighted by atomic mass is 9.84. The van der Waals surface area contributed by atoms with Crippen LogP contribution in [0.3, 0.4) is 0 Å². The van der Waals surface area contributed by atoms with Crippen LogP contribution in [0.25, 0.3) is 0 Å². The van der Waals surface area contributed by atoms with E-state index in [2.05, 4.69) is 29.6 Å². The van der Waals surface area contributed by atoms with E-state index in [1.807, 2.05) is 0 Å². The van der Waals surface area contributed by atoms with Gasteiger partial charge in [0.1, 0.15) is 0 Å². The Morgan fingerprint density at radius 2 is 2.00 bits per heavy atom. The molecule has 1 heterocycles. The molecule has 0 unspecified atom stereocenters. The molecule has 2 heteroatoms. The molecule has 2 bridgehead atoms. The molecule has 2 nitrogen and oxygen atoms in total. The highest BCUT2D eigenvalue weighted by Crippen LogP contribution is 2.44. The molecule has 2 aliphatic carbocycles. The van der Waals surface area contributed by atoms with Crippen LogP contribution < -0.4 is 5.32 Å². The van der Waals surface area contributed by atoms with Crippen molar-refractivity contribution >= 4 is 5.91 Å². The Balaban J connectivity index is 1.98. The highest BCUT2D eigenvalue weighted by atomic mass is 16.2. The summed E-state index contributed by atoms with van der Waals surface area (Å²) < 4.78 is 0. The van der Waals surface area contributed by atoms with E-state index in [1.54, 1.807) is 0 Å². The van der Waals surface area contributed by atoms with Gasteiger partial charge < -0.3 is 5.32 Å². The number of hydrogen-bond donors (Lipinski definition) is 1. The number of hydrogen-bond acceptors (Lipinski definition) is 1. The zero-order chi connectivity index (χ0) is 8.13. The quantitative estimate of drug-likeness (QED) is 0.525. The summed E-state index contributed by atoms with van der Waals surface area (Å²) >= 11 is 0. The Kier molecular flexibility index (Phi) is 1.08. The molecule has 2 fully saturated rings. The maximum Gasteiger partial charge on any atom is 0.226 e. The summed E-state index contributed by atoms with van der Waals surface area (Å²) in [5.41, 5.74) is 0. The number of allylic oxidation sites excluding steroid dienone is 3. The van der Waals surface area contributed by atoms with Gasteiger partial charge in [-0.1, -0.05) is 24.3 Å². The van der Waals surface area contributed by atoms with Crippen molar-refractivity contribution in [1.29, 1.82) is 0 Å². The first-order valence-corrected chi connectivity index (χ1v) is 4.51. The molecule has 1 amide bonds.